The van der Waals surface area contributed by atoms with Crippen LogP contribution in [0.5, 0.6) is 0 Å². The summed E-state index contributed by atoms with van der Waals surface area (Å²) in [5.41, 5.74) is 5.91. The van der Waals surface area contributed by atoms with Crippen molar-refractivity contribution in [2.45, 2.75) is 45.3 Å². The lowest BCUT2D eigenvalue weighted by molar-refractivity contribution is -0.130. The topological polar surface area (TPSA) is 52.7 Å². The van der Waals surface area contributed by atoms with Crippen LogP contribution in [-0.4, -0.2) is 34.3 Å². The number of fused-ring (bicyclic) bond motifs is 2. The van der Waals surface area contributed by atoms with Gasteiger partial charge in [0.15, 0.2) is 0 Å². The molecule has 0 bridgehead atoms. The molecule has 5 nitrogen and oxygen atoms in total. The minimum absolute atomic E-state index is 0.0884. The maximum absolute atomic E-state index is 13.4. The second-order valence-corrected chi connectivity index (χ2v) is 9.19. The third kappa shape index (κ3) is 3.56. The van der Waals surface area contributed by atoms with Crippen LogP contribution in [0.2, 0.25) is 0 Å². The monoisotopic (exact) mass is 427 g/mol. The van der Waals surface area contributed by atoms with Crippen LogP contribution in [0, 0.1) is 5.92 Å². The number of nitrogens with one attached hydrogen (secondary N) is 1. The molecule has 0 saturated carbocycles. The second kappa shape index (κ2) is 8.40. The molecular formula is C27H29N3O2. The number of likely N-dealkylation sites (tertiary alicyclic amines) is 1. The fourth-order valence-corrected chi connectivity index (χ4v) is 5.28. The van der Waals surface area contributed by atoms with E-state index >= 15 is 0 Å². The summed E-state index contributed by atoms with van der Waals surface area (Å²) < 4.78 is 0. The smallest absolute Gasteiger partial charge is 0.273 e. The normalized spacial score (nSPS) is 20.8. The number of hydrazine groups is 1. The minimum Gasteiger partial charge on any atom is -0.288 e. The van der Waals surface area contributed by atoms with Gasteiger partial charge >= 0.3 is 0 Å². The first kappa shape index (κ1) is 20.7. The number of rotatable bonds is 5. The molecule has 2 heterocycles. The van der Waals surface area contributed by atoms with E-state index in [0.29, 0.717) is 5.56 Å². The highest BCUT2D eigenvalue weighted by molar-refractivity contribution is 6.00. The van der Waals surface area contributed by atoms with Gasteiger partial charge in [-0.3, -0.25) is 19.9 Å². The van der Waals surface area contributed by atoms with Gasteiger partial charge in [-0.15, -0.1) is 0 Å². The predicted octanol–water partition coefficient (Wildman–Crippen LogP) is 4.69. The molecule has 3 aromatic carbocycles. The molecule has 32 heavy (non-hydrogen) atoms. The highest BCUT2D eigenvalue weighted by atomic mass is 16.2. The Bertz CT molecular complexity index is 1170. The SMILES string of the molecule is CC(C)[C@H]1c2ccccc2C(=O)N1NC(=O)[C@@H]1CCCN1Cc1cccc2ccccc12. The first-order chi connectivity index (χ1) is 15.5. The van der Waals surface area contributed by atoms with E-state index in [4.69, 9.17) is 0 Å². The molecule has 0 aliphatic carbocycles. The van der Waals surface area contributed by atoms with Gasteiger partial charge in [-0.05, 0) is 53.3 Å². The van der Waals surface area contributed by atoms with Crippen LogP contribution in [0.1, 0.15) is 54.2 Å². The molecule has 0 spiro atoms. The van der Waals surface area contributed by atoms with Crippen molar-refractivity contribution in [3.8, 4) is 0 Å². The average Bonchev–Trinajstić information content (AvgIpc) is 3.37. The van der Waals surface area contributed by atoms with Crippen LogP contribution >= 0.6 is 0 Å². The zero-order valence-corrected chi connectivity index (χ0v) is 18.6. The summed E-state index contributed by atoms with van der Waals surface area (Å²) >= 11 is 0. The zero-order chi connectivity index (χ0) is 22.2. The quantitative estimate of drug-likeness (QED) is 0.643. The maximum atomic E-state index is 13.4. The van der Waals surface area contributed by atoms with Crippen LogP contribution < -0.4 is 5.43 Å². The highest BCUT2D eigenvalue weighted by Crippen LogP contribution is 2.37. The molecule has 2 aliphatic rings. The van der Waals surface area contributed by atoms with Crippen molar-refractivity contribution in [2.75, 3.05) is 6.54 Å². The molecule has 5 rings (SSSR count). The number of benzene rings is 3. The highest BCUT2D eigenvalue weighted by Gasteiger charge is 2.41. The Morgan fingerprint density at radius 1 is 1.03 bits per heavy atom. The van der Waals surface area contributed by atoms with E-state index in [0.717, 1.165) is 31.5 Å². The Labute approximate surface area is 189 Å². The summed E-state index contributed by atoms with van der Waals surface area (Å²) in [5.74, 6) is -0.0148. The first-order valence-electron chi connectivity index (χ1n) is 11.5. The molecule has 1 saturated heterocycles. The van der Waals surface area contributed by atoms with Crippen molar-refractivity contribution >= 4 is 22.6 Å². The van der Waals surface area contributed by atoms with Crippen molar-refractivity contribution in [3.63, 3.8) is 0 Å². The number of carbonyl (C=O) groups is 2. The largest absolute Gasteiger partial charge is 0.288 e. The fourth-order valence-electron chi connectivity index (χ4n) is 5.28. The summed E-state index contributed by atoms with van der Waals surface area (Å²) in [6, 6.07) is 22.0. The molecular weight excluding hydrogens is 398 g/mol. The molecule has 2 amide bonds. The van der Waals surface area contributed by atoms with Crippen molar-refractivity contribution in [1.82, 2.24) is 15.3 Å². The zero-order valence-electron chi connectivity index (χ0n) is 18.6. The van der Waals surface area contributed by atoms with Crippen molar-refractivity contribution in [1.29, 1.82) is 0 Å². The molecule has 0 unspecified atom stereocenters. The molecule has 2 aliphatic heterocycles. The van der Waals surface area contributed by atoms with Gasteiger partial charge in [0.25, 0.3) is 11.8 Å². The van der Waals surface area contributed by atoms with Gasteiger partial charge in [0, 0.05) is 12.1 Å². The van der Waals surface area contributed by atoms with E-state index in [1.165, 1.54) is 16.3 Å². The Kier molecular flexibility index (Phi) is 5.43. The van der Waals surface area contributed by atoms with Crippen LogP contribution in [0.15, 0.2) is 66.7 Å². The Hall–Kier alpha value is -3.18. The molecule has 0 aromatic heterocycles. The number of hydrogen-bond acceptors (Lipinski definition) is 3. The van der Waals surface area contributed by atoms with Crippen LogP contribution in [0.4, 0.5) is 0 Å². The summed E-state index contributed by atoms with van der Waals surface area (Å²) in [5, 5.41) is 4.00. The lowest BCUT2D eigenvalue weighted by Gasteiger charge is -2.31. The Morgan fingerprint density at radius 3 is 2.62 bits per heavy atom. The molecule has 1 N–H and O–H groups in total. The third-order valence-corrected chi connectivity index (χ3v) is 6.79. The van der Waals surface area contributed by atoms with Gasteiger partial charge in [-0.2, -0.15) is 0 Å². The molecule has 2 atom stereocenters. The summed E-state index contributed by atoms with van der Waals surface area (Å²) in [7, 11) is 0. The van der Waals surface area contributed by atoms with E-state index in [1.54, 1.807) is 5.01 Å². The molecule has 5 heteroatoms. The fraction of sp³-hybridized carbons (Fsp3) is 0.333. The second-order valence-electron chi connectivity index (χ2n) is 9.19. The van der Waals surface area contributed by atoms with Gasteiger partial charge in [0.05, 0.1) is 12.1 Å². The summed E-state index contributed by atoms with van der Waals surface area (Å²) in [4.78, 5) is 28.7. The van der Waals surface area contributed by atoms with Crippen molar-refractivity contribution in [2.24, 2.45) is 5.92 Å². The lowest BCUT2D eigenvalue weighted by atomic mass is 9.96. The van der Waals surface area contributed by atoms with Crippen LogP contribution in [0.3, 0.4) is 0 Å². The molecule has 3 aromatic rings. The van der Waals surface area contributed by atoms with E-state index in [9.17, 15) is 9.59 Å². The van der Waals surface area contributed by atoms with Crippen molar-refractivity contribution in [3.05, 3.63) is 83.4 Å². The minimum atomic E-state index is -0.238. The van der Waals surface area contributed by atoms with E-state index < -0.39 is 0 Å². The Balaban J connectivity index is 1.35. The van der Waals surface area contributed by atoms with Gasteiger partial charge in [-0.25, -0.2) is 5.01 Å². The lowest BCUT2D eigenvalue weighted by Crippen LogP contribution is -2.52. The predicted molar refractivity (Wildman–Crippen MR) is 126 cm³/mol. The average molecular weight is 428 g/mol. The maximum Gasteiger partial charge on any atom is 0.273 e. The van der Waals surface area contributed by atoms with Crippen LogP contribution in [0.25, 0.3) is 10.8 Å². The van der Waals surface area contributed by atoms with Gasteiger partial charge in [0.1, 0.15) is 0 Å². The summed E-state index contributed by atoms with van der Waals surface area (Å²) in [6.07, 6.45) is 1.78. The van der Waals surface area contributed by atoms with Gasteiger partial charge < -0.3 is 0 Å². The van der Waals surface area contributed by atoms with E-state index in [2.05, 4.69) is 66.6 Å². The number of hydrogen-bond donors (Lipinski definition) is 1. The van der Waals surface area contributed by atoms with Crippen LogP contribution in [-0.2, 0) is 11.3 Å². The molecule has 0 radical (unpaired) electrons. The van der Waals surface area contributed by atoms with E-state index in [1.807, 2.05) is 24.3 Å². The third-order valence-electron chi connectivity index (χ3n) is 6.79. The summed E-state index contributed by atoms with van der Waals surface area (Å²) in [6.45, 7) is 5.77. The molecule has 1 fully saturated rings. The van der Waals surface area contributed by atoms with Crippen molar-refractivity contribution < 1.29 is 9.59 Å². The Morgan fingerprint density at radius 2 is 1.78 bits per heavy atom. The number of amides is 2. The standard InChI is InChI=1S/C27H29N3O2/c1-18(2)25-22-13-5-6-14-23(22)27(32)30(25)28-26(31)24-15-8-16-29(24)17-20-11-7-10-19-9-3-4-12-21(19)20/h3-7,9-14,18,24-25H,8,15-17H2,1-2H3,(H,28,31)/t24-,25-/m0/s1. The van der Waals surface area contributed by atoms with E-state index in [-0.39, 0.29) is 29.8 Å². The van der Waals surface area contributed by atoms with Gasteiger partial charge in [0.2, 0.25) is 0 Å². The molecule has 164 valence electrons. The first-order valence-corrected chi connectivity index (χ1v) is 11.5. The number of nitrogens with zero attached hydrogens (tertiary/aromatic N) is 2. The number of carbonyl (C=O) groups excluding carboxylic acids is 2. The van der Waals surface area contributed by atoms with Gasteiger partial charge in [-0.1, -0.05) is 74.5 Å².